The number of nitrogens with zero attached hydrogens (tertiary/aromatic N) is 5. The summed E-state index contributed by atoms with van der Waals surface area (Å²) in [5.74, 6) is 1.93. The predicted octanol–water partition coefficient (Wildman–Crippen LogP) is 2.07. The Labute approximate surface area is 114 Å². The highest BCUT2D eigenvalue weighted by atomic mass is 15.2. The zero-order chi connectivity index (χ0) is 13.7. The zero-order valence-corrected chi connectivity index (χ0v) is 11.9. The number of aromatic nitrogens is 4. The first-order valence-corrected chi connectivity index (χ1v) is 6.70. The highest BCUT2D eigenvalue weighted by Crippen LogP contribution is 2.12. The van der Waals surface area contributed by atoms with Gasteiger partial charge in [0, 0.05) is 50.7 Å². The molecule has 102 valence electrons. The zero-order valence-electron chi connectivity index (χ0n) is 11.9. The predicted molar refractivity (Wildman–Crippen MR) is 76.3 cm³/mol. The average Bonchev–Trinajstić information content (AvgIpc) is 2.88. The largest absolute Gasteiger partial charge is 0.358 e. The van der Waals surface area contributed by atoms with Crippen molar-refractivity contribution in [2.45, 2.75) is 33.2 Å². The molecule has 0 N–H and O–H groups in total. The van der Waals surface area contributed by atoms with Gasteiger partial charge in [-0.1, -0.05) is 6.92 Å². The van der Waals surface area contributed by atoms with Gasteiger partial charge >= 0.3 is 0 Å². The summed E-state index contributed by atoms with van der Waals surface area (Å²) < 4.78 is 2.07. The Bertz CT molecular complexity index is 507. The van der Waals surface area contributed by atoms with Crippen LogP contribution in [0, 0.1) is 6.92 Å². The van der Waals surface area contributed by atoms with Gasteiger partial charge in [-0.25, -0.2) is 15.0 Å². The summed E-state index contributed by atoms with van der Waals surface area (Å²) in [4.78, 5) is 15.3. The Kier molecular flexibility index (Phi) is 4.49. The third-order valence-electron chi connectivity index (χ3n) is 3.00. The molecule has 5 heteroatoms. The molecule has 0 bridgehead atoms. The van der Waals surface area contributed by atoms with Gasteiger partial charge in [0.2, 0.25) is 0 Å². The molecule has 0 aliphatic rings. The Morgan fingerprint density at radius 2 is 2.16 bits per heavy atom. The molecule has 5 nitrogen and oxygen atoms in total. The van der Waals surface area contributed by atoms with Crippen LogP contribution in [0.4, 0.5) is 5.82 Å². The molecule has 0 atom stereocenters. The molecule has 0 radical (unpaired) electrons. The first-order valence-electron chi connectivity index (χ1n) is 6.70. The van der Waals surface area contributed by atoms with Crippen LogP contribution in [0.3, 0.4) is 0 Å². The van der Waals surface area contributed by atoms with Crippen molar-refractivity contribution in [2.75, 3.05) is 18.5 Å². The van der Waals surface area contributed by atoms with Crippen LogP contribution in [0.2, 0.25) is 0 Å². The molecular formula is C14H21N5. The molecule has 0 saturated heterocycles. The van der Waals surface area contributed by atoms with Crippen LogP contribution in [0.15, 0.2) is 24.8 Å². The second-order valence-corrected chi connectivity index (χ2v) is 4.76. The fraction of sp³-hybridized carbons (Fsp3) is 0.500. The quantitative estimate of drug-likeness (QED) is 0.796. The summed E-state index contributed by atoms with van der Waals surface area (Å²) in [5, 5.41) is 0. The third-order valence-corrected chi connectivity index (χ3v) is 3.00. The van der Waals surface area contributed by atoms with Crippen LogP contribution >= 0.6 is 0 Å². The van der Waals surface area contributed by atoms with Crippen molar-refractivity contribution in [2.24, 2.45) is 0 Å². The van der Waals surface area contributed by atoms with Crippen molar-refractivity contribution in [3.8, 4) is 0 Å². The number of imidazole rings is 1. The van der Waals surface area contributed by atoms with E-state index in [4.69, 9.17) is 0 Å². The van der Waals surface area contributed by atoms with Crippen molar-refractivity contribution in [1.29, 1.82) is 0 Å². The lowest BCUT2D eigenvalue weighted by Crippen LogP contribution is -2.24. The van der Waals surface area contributed by atoms with Crippen LogP contribution < -0.4 is 4.90 Å². The minimum Gasteiger partial charge on any atom is -0.358 e. The van der Waals surface area contributed by atoms with Crippen molar-refractivity contribution < 1.29 is 0 Å². The molecule has 0 aliphatic carbocycles. The van der Waals surface area contributed by atoms with Gasteiger partial charge in [0.15, 0.2) is 0 Å². The fourth-order valence-electron chi connectivity index (χ4n) is 1.94. The van der Waals surface area contributed by atoms with E-state index in [1.54, 1.807) is 6.20 Å². The summed E-state index contributed by atoms with van der Waals surface area (Å²) in [7, 11) is 2.06. The summed E-state index contributed by atoms with van der Waals surface area (Å²) in [5.41, 5.74) is 1.03. The smallest absolute Gasteiger partial charge is 0.132 e. The van der Waals surface area contributed by atoms with E-state index in [9.17, 15) is 0 Å². The standard InChI is InChI=1S/C14H21N5/c1-4-5-13-16-12(2)10-14(17-13)18(3)8-9-19-7-6-15-11-19/h6-7,10-11H,4-5,8-9H2,1-3H3. The number of aryl methyl sites for hydroxylation is 2. The topological polar surface area (TPSA) is 46.8 Å². The fourth-order valence-corrected chi connectivity index (χ4v) is 1.94. The summed E-state index contributed by atoms with van der Waals surface area (Å²) in [6, 6.07) is 2.03. The minimum atomic E-state index is 0.901. The first-order chi connectivity index (χ1) is 9.19. The lowest BCUT2D eigenvalue weighted by Gasteiger charge is -2.19. The Balaban J connectivity index is 2.03. The molecule has 19 heavy (non-hydrogen) atoms. The van der Waals surface area contributed by atoms with E-state index in [0.717, 1.165) is 43.3 Å². The van der Waals surface area contributed by atoms with E-state index in [0.29, 0.717) is 0 Å². The van der Waals surface area contributed by atoms with Crippen molar-refractivity contribution >= 4 is 5.82 Å². The molecule has 0 aromatic carbocycles. The third kappa shape index (κ3) is 3.77. The van der Waals surface area contributed by atoms with Crippen molar-refractivity contribution in [3.05, 3.63) is 36.3 Å². The maximum absolute atomic E-state index is 4.61. The monoisotopic (exact) mass is 259 g/mol. The average molecular weight is 259 g/mol. The lowest BCUT2D eigenvalue weighted by atomic mass is 10.3. The van der Waals surface area contributed by atoms with E-state index in [1.807, 2.05) is 25.5 Å². The second kappa shape index (κ2) is 6.31. The Morgan fingerprint density at radius 1 is 1.32 bits per heavy atom. The van der Waals surface area contributed by atoms with Crippen LogP contribution in [0.25, 0.3) is 0 Å². The van der Waals surface area contributed by atoms with E-state index < -0.39 is 0 Å². The minimum absolute atomic E-state index is 0.901. The number of hydrogen-bond acceptors (Lipinski definition) is 4. The maximum Gasteiger partial charge on any atom is 0.132 e. The summed E-state index contributed by atoms with van der Waals surface area (Å²) in [6.07, 6.45) is 7.61. The number of anilines is 1. The molecule has 2 aromatic rings. The van der Waals surface area contributed by atoms with Crippen LogP contribution in [-0.2, 0) is 13.0 Å². The molecule has 2 aromatic heterocycles. The van der Waals surface area contributed by atoms with Crippen molar-refractivity contribution in [1.82, 2.24) is 19.5 Å². The van der Waals surface area contributed by atoms with Gasteiger partial charge < -0.3 is 9.47 Å². The molecule has 0 amide bonds. The number of hydrogen-bond donors (Lipinski definition) is 0. The second-order valence-electron chi connectivity index (χ2n) is 4.76. The molecule has 0 spiro atoms. The van der Waals surface area contributed by atoms with E-state index >= 15 is 0 Å². The summed E-state index contributed by atoms with van der Waals surface area (Å²) >= 11 is 0. The molecule has 0 fully saturated rings. The van der Waals surface area contributed by atoms with Gasteiger partial charge in [-0.2, -0.15) is 0 Å². The number of rotatable bonds is 6. The van der Waals surface area contributed by atoms with Crippen LogP contribution in [0.5, 0.6) is 0 Å². The van der Waals surface area contributed by atoms with Gasteiger partial charge in [0.1, 0.15) is 11.6 Å². The van der Waals surface area contributed by atoms with Gasteiger partial charge in [-0.05, 0) is 13.3 Å². The van der Waals surface area contributed by atoms with Gasteiger partial charge in [0.25, 0.3) is 0 Å². The Hall–Kier alpha value is -1.91. The summed E-state index contributed by atoms with van der Waals surface area (Å²) in [6.45, 7) is 5.98. The SMILES string of the molecule is CCCc1nc(C)cc(N(C)CCn2ccnc2)n1. The molecule has 0 aliphatic heterocycles. The van der Waals surface area contributed by atoms with Gasteiger partial charge in [-0.15, -0.1) is 0 Å². The van der Waals surface area contributed by atoms with Crippen molar-refractivity contribution in [3.63, 3.8) is 0 Å². The normalized spacial score (nSPS) is 10.7. The highest BCUT2D eigenvalue weighted by molar-refractivity contribution is 5.38. The van der Waals surface area contributed by atoms with Gasteiger partial charge in [-0.3, -0.25) is 0 Å². The molecular weight excluding hydrogens is 238 g/mol. The lowest BCUT2D eigenvalue weighted by molar-refractivity contribution is 0.677. The first kappa shape index (κ1) is 13.5. The molecule has 2 heterocycles. The van der Waals surface area contributed by atoms with Crippen LogP contribution in [0.1, 0.15) is 24.9 Å². The van der Waals surface area contributed by atoms with Crippen LogP contribution in [-0.4, -0.2) is 33.1 Å². The maximum atomic E-state index is 4.61. The van der Waals surface area contributed by atoms with E-state index in [1.165, 1.54) is 0 Å². The molecule has 0 unspecified atom stereocenters. The Morgan fingerprint density at radius 3 is 2.84 bits per heavy atom. The van der Waals surface area contributed by atoms with Gasteiger partial charge in [0.05, 0.1) is 6.33 Å². The van der Waals surface area contributed by atoms with E-state index in [2.05, 4.69) is 38.4 Å². The number of likely N-dealkylation sites (N-methyl/N-ethyl adjacent to an activating group) is 1. The molecule has 0 saturated carbocycles. The van der Waals surface area contributed by atoms with E-state index in [-0.39, 0.29) is 0 Å². The highest BCUT2D eigenvalue weighted by Gasteiger charge is 2.06. The molecule has 2 rings (SSSR count).